The number of ether oxygens (including phenoxy) is 1. The van der Waals surface area contributed by atoms with E-state index in [9.17, 15) is 4.79 Å². The molecular formula is C17H20N4O2. The molecule has 1 aliphatic rings. The molecule has 23 heavy (non-hydrogen) atoms. The minimum Gasteiger partial charge on any atom is -0.379 e. The van der Waals surface area contributed by atoms with Gasteiger partial charge in [0.25, 0.3) is 5.56 Å². The molecule has 0 unspecified atom stereocenters. The lowest BCUT2D eigenvalue weighted by Gasteiger charge is -2.26. The van der Waals surface area contributed by atoms with Gasteiger partial charge in [-0.1, -0.05) is 11.6 Å². The fraction of sp³-hybridized carbons (Fsp3) is 0.412. The van der Waals surface area contributed by atoms with Crippen LogP contribution >= 0.6 is 0 Å². The molecule has 0 bridgehead atoms. The number of hydrogen-bond donors (Lipinski definition) is 1. The maximum absolute atomic E-state index is 12.7. The summed E-state index contributed by atoms with van der Waals surface area (Å²) in [4.78, 5) is 18.2. The largest absolute Gasteiger partial charge is 0.379 e. The second-order valence-corrected chi connectivity index (χ2v) is 6.09. The van der Waals surface area contributed by atoms with Crippen LogP contribution in [0, 0.1) is 6.92 Å². The summed E-state index contributed by atoms with van der Waals surface area (Å²) in [5.41, 5.74) is 2.75. The van der Waals surface area contributed by atoms with Gasteiger partial charge >= 0.3 is 0 Å². The van der Waals surface area contributed by atoms with Crippen LogP contribution in [0.3, 0.4) is 0 Å². The number of nitrogens with one attached hydrogen (secondary N) is 1. The van der Waals surface area contributed by atoms with Crippen molar-refractivity contribution in [3.63, 3.8) is 0 Å². The Morgan fingerprint density at radius 2 is 2.04 bits per heavy atom. The van der Waals surface area contributed by atoms with Gasteiger partial charge in [0.15, 0.2) is 0 Å². The number of fused-ring (bicyclic) bond motifs is 3. The molecule has 6 heteroatoms. The number of benzene rings is 1. The number of aromatic amines is 1. The van der Waals surface area contributed by atoms with Gasteiger partial charge in [0.05, 0.1) is 26.0 Å². The number of hydrogen-bond acceptors (Lipinski definition) is 4. The van der Waals surface area contributed by atoms with E-state index < -0.39 is 0 Å². The molecule has 1 aromatic carbocycles. The number of aryl methyl sites for hydroxylation is 1. The van der Waals surface area contributed by atoms with Crippen LogP contribution in [0.4, 0.5) is 0 Å². The highest BCUT2D eigenvalue weighted by atomic mass is 16.5. The summed E-state index contributed by atoms with van der Waals surface area (Å²) in [5, 5.41) is 6.33. The van der Waals surface area contributed by atoms with Crippen molar-refractivity contribution in [1.82, 2.24) is 19.7 Å². The Labute approximate surface area is 133 Å². The summed E-state index contributed by atoms with van der Waals surface area (Å²) in [6, 6.07) is 6.15. The standard InChI is InChI=1S/C17H20N4O2/c1-12-2-3-15-13(10-12)14-11-18-21(17(22)16(14)19-15)5-4-20-6-8-23-9-7-20/h2-3,10-11,19H,4-9H2,1H3. The van der Waals surface area contributed by atoms with E-state index >= 15 is 0 Å². The third-order valence-electron chi connectivity index (χ3n) is 4.50. The highest BCUT2D eigenvalue weighted by Crippen LogP contribution is 2.23. The number of rotatable bonds is 3. The molecule has 120 valence electrons. The van der Waals surface area contributed by atoms with Gasteiger partial charge in [-0.25, -0.2) is 4.68 Å². The maximum atomic E-state index is 12.7. The summed E-state index contributed by atoms with van der Waals surface area (Å²) < 4.78 is 6.90. The minimum absolute atomic E-state index is 0.0513. The van der Waals surface area contributed by atoms with Crippen molar-refractivity contribution in [3.8, 4) is 0 Å². The fourth-order valence-corrected chi connectivity index (χ4v) is 3.16. The molecule has 0 aliphatic carbocycles. The zero-order valence-electron chi connectivity index (χ0n) is 13.2. The van der Waals surface area contributed by atoms with E-state index in [2.05, 4.69) is 28.0 Å². The van der Waals surface area contributed by atoms with Crippen LogP contribution in [0.25, 0.3) is 21.8 Å². The summed E-state index contributed by atoms with van der Waals surface area (Å²) in [6.45, 7) is 6.84. The van der Waals surface area contributed by atoms with Crippen molar-refractivity contribution in [2.45, 2.75) is 13.5 Å². The van der Waals surface area contributed by atoms with Crippen molar-refractivity contribution in [2.24, 2.45) is 0 Å². The van der Waals surface area contributed by atoms with Gasteiger partial charge in [-0.3, -0.25) is 9.69 Å². The Bertz CT molecular complexity index is 906. The molecule has 1 saturated heterocycles. The van der Waals surface area contributed by atoms with E-state index in [-0.39, 0.29) is 5.56 Å². The van der Waals surface area contributed by atoms with E-state index in [1.54, 1.807) is 10.9 Å². The van der Waals surface area contributed by atoms with E-state index in [4.69, 9.17) is 4.74 Å². The topological polar surface area (TPSA) is 63.2 Å². The van der Waals surface area contributed by atoms with Gasteiger partial charge < -0.3 is 9.72 Å². The second kappa shape index (κ2) is 5.79. The highest BCUT2D eigenvalue weighted by molar-refractivity contribution is 6.06. The Hall–Kier alpha value is -2.18. The van der Waals surface area contributed by atoms with E-state index in [1.807, 2.05) is 12.1 Å². The molecule has 0 spiro atoms. The fourth-order valence-electron chi connectivity index (χ4n) is 3.16. The molecule has 4 rings (SSSR count). The van der Waals surface area contributed by atoms with Crippen LogP contribution in [0.15, 0.2) is 29.2 Å². The third kappa shape index (κ3) is 2.64. The lowest BCUT2D eigenvalue weighted by atomic mass is 10.1. The molecule has 0 amide bonds. The average molecular weight is 312 g/mol. The monoisotopic (exact) mass is 312 g/mol. The minimum atomic E-state index is -0.0513. The smallest absolute Gasteiger partial charge is 0.291 e. The first-order valence-electron chi connectivity index (χ1n) is 8.00. The predicted molar refractivity (Wildman–Crippen MR) is 89.9 cm³/mol. The lowest BCUT2D eigenvalue weighted by Crippen LogP contribution is -2.39. The summed E-state index contributed by atoms with van der Waals surface area (Å²) in [5.74, 6) is 0. The highest BCUT2D eigenvalue weighted by Gasteiger charge is 2.13. The van der Waals surface area contributed by atoms with Crippen molar-refractivity contribution < 1.29 is 4.74 Å². The molecule has 0 atom stereocenters. The van der Waals surface area contributed by atoms with Crippen molar-refractivity contribution in [1.29, 1.82) is 0 Å². The van der Waals surface area contributed by atoms with Crippen molar-refractivity contribution in [3.05, 3.63) is 40.3 Å². The van der Waals surface area contributed by atoms with Crippen LogP contribution in [-0.2, 0) is 11.3 Å². The molecule has 3 heterocycles. The molecule has 0 radical (unpaired) electrons. The van der Waals surface area contributed by atoms with Gasteiger partial charge in [0.1, 0.15) is 5.52 Å². The molecule has 2 aromatic heterocycles. The first kappa shape index (κ1) is 14.4. The molecular weight excluding hydrogens is 292 g/mol. The first-order chi connectivity index (χ1) is 11.2. The van der Waals surface area contributed by atoms with Crippen LogP contribution in [0.1, 0.15) is 5.56 Å². The van der Waals surface area contributed by atoms with Crippen molar-refractivity contribution in [2.75, 3.05) is 32.8 Å². The number of aromatic nitrogens is 3. The van der Waals surface area contributed by atoms with Gasteiger partial charge in [-0.15, -0.1) is 0 Å². The van der Waals surface area contributed by atoms with Gasteiger partial charge in [-0.05, 0) is 19.1 Å². The summed E-state index contributed by atoms with van der Waals surface area (Å²) in [7, 11) is 0. The zero-order valence-corrected chi connectivity index (χ0v) is 13.2. The van der Waals surface area contributed by atoms with Crippen LogP contribution in [-0.4, -0.2) is 52.5 Å². The Kier molecular flexibility index (Phi) is 3.63. The molecule has 1 aliphatic heterocycles. The first-order valence-corrected chi connectivity index (χ1v) is 8.00. The quantitative estimate of drug-likeness (QED) is 0.796. The van der Waals surface area contributed by atoms with E-state index in [0.717, 1.165) is 49.1 Å². The Morgan fingerprint density at radius 1 is 1.22 bits per heavy atom. The number of H-pyrrole nitrogens is 1. The Balaban J connectivity index is 1.67. The van der Waals surface area contributed by atoms with Gasteiger partial charge in [0.2, 0.25) is 0 Å². The molecule has 1 N–H and O–H groups in total. The van der Waals surface area contributed by atoms with E-state index in [1.165, 1.54) is 5.56 Å². The normalized spacial score (nSPS) is 16.4. The third-order valence-corrected chi connectivity index (χ3v) is 4.50. The number of nitrogens with zero attached hydrogens (tertiary/aromatic N) is 3. The second-order valence-electron chi connectivity index (χ2n) is 6.09. The molecule has 0 saturated carbocycles. The molecule has 1 fully saturated rings. The maximum Gasteiger partial charge on any atom is 0.291 e. The SMILES string of the molecule is Cc1ccc2[nH]c3c(=O)n(CCN4CCOCC4)ncc3c2c1. The summed E-state index contributed by atoms with van der Waals surface area (Å²) >= 11 is 0. The van der Waals surface area contributed by atoms with Crippen LogP contribution < -0.4 is 5.56 Å². The summed E-state index contributed by atoms with van der Waals surface area (Å²) in [6.07, 6.45) is 1.80. The van der Waals surface area contributed by atoms with Gasteiger partial charge in [-0.2, -0.15) is 5.10 Å². The predicted octanol–water partition coefficient (Wildman–Crippen LogP) is 1.52. The average Bonchev–Trinajstić information content (AvgIpc) is 2.94. The molecule has 3 aromatic rings. The zero-order chi connectivity index (χ0) is 15.8. The lowest BCUT2D eigenvalue weighted by molar-refractivity contribution is 0.0358. The van der Waals surface area contributed by atoms with Crippen molar-refractivity contribution >= 4 is 21.8 Å². The van der Waals surface area contributed by atoms with E-state index in [0.29, 0.717) is 12.1 Å². The van der Waals surface area contributed by atoms with Gasteiger partial charge in [0, 0.05) is 35.9 Å². The molecule has 6 nitrogen and oxygen atoms in total. The van der Waals surface area contributed by atoms with Crippen LogP contribution in [0.2, 0.25) is 0 Å². The Morgan fingerprint density at radius 3 is 2.87 bits per heavy atom. The van der Waals surface area contributed by atoms with Crippen LogP contribution in [0.5, 0.6) is 0 Å². The number of morpholine rings is 1.